The lowest BCUT2D eigenvalue weighted by Crippen LogP contribution is -2.21. The van der Waals surface area contributed by atoms with Crippen LogP contribution in [0.2, 0.25) is 10.0 Å². The van der Waals surface area contributed by atoms with Crippen molar-refractivity contribution in [1.82, 2.24) is 15.6 Å². The van der Waals surface area contributed by atoms with Gasteiger partial charge in [-0.3, -0.25) is 4.79 Å². The fourth-order valence-corrected chi connectivity index (χ4v) is 5.30. The first kappa shape index (κ1) is 23.1. The van der Waals surface area contributed by atoms with Crippen molar-refractivity contribution in [2.45, 2.75) is 28.3 Å². The molecule has 156 valence electrons. The first-order valence-corrected chi connectivity index (χ1v) is 12.4. The van der Waals surface area contributed by atoms with E-state index in [9.17, 15) is 4.79 Å². The summed E-state index contributed by atoms with van der Waals surface area (Å²) in [7, 11) is 0. The minimum absolute atomic E-state index is 0.204. The molecule has 0 saturated carbocycles. The molecule has 0 aliphatic carbocycles. The second kappa shape index (κ2) is 11.2. The van der Waals surface area contributed by atoms with E-state index in [0.29, 0.717) is 15.8 Å². The monoisotopic (exact) mass is 496 g/mol. The molecule has 1 amide bonds. The molecule has 2 aromatic carbocycles. The molecule has 5 nitrogen and oxygen atoms in total. The number of nitrogens with zero attached hydrogens (tertiary/aromatic N) is 3. The molecule has 1 aromatic heterocycles. The van der Waals surface area contributed by atoms with Crippen LogP contribution in [0.3, 0.4) is 0 Å². The number of nitrogens with one attached hydrogen (secondary N) is 1. The van der Waals surface area contributed by atoms with E-state index in [1.807, 2.05) is 0 Å². The number of carbonyl (C=O) groups is 1. The van der Waals surface area contributed by atoms with Gasteiger partial charge in [0.2, 0.25) is 0 Å². The Labute approximate surface area is 197 Å². The summed E-state index contributed by atoms with van der Waals surface area (Å²) in [5, 5.41) is 13.4. The van der Waals surface area contributed by atoms with Crippen molar-refractivity contribution in [3.05, 3.63) is 69.2 Å². The predicted octanol–water partition coefficient (Wildman–Crippen LogP) is 6.08. The highest BCUT2D eigenvalue weighted by Gasteiger charge is 2.09. The smallest absolute Gasteiger partial charge is 0.250 e. The third kappa shape index (κ3) is 6.99. The van der Waals surface area contributed by atoms with E-state index in [2.05, 4.69) is 51.9 Å². The molecule has 0 unspecified atom stereocenters. The van der Waals surface area contributed by atoms with Gasteiger partial charge in [-0.25, -0.2) is 5.43 Å². The largest absolute Gasteiger partial charge is 0.272 e. The van der Waals surface area contributed by atoms with Gasteiger partial charge in [0.1, 0.15) is 0 Å². The summed E-state index contributed by atoms with van der Waals surface area (Å²) in [6.45, 7) is 3.86. The first-order valence-electron chi connectivity index (χ1n) is 8.84. The lowest BCUT2D eigenvalue weighted by Gasteiger charge is -2.04. The zero-order chi connectivity index (χ0) is 21.5. The van der Waals surface area contributed by atoms with Gasteiger partial charge < -0.3 is 0 Å². The first-order chi connectivity index (χ1) is 14.4. The van der Waals surface area contributed by atoms with Gasteiger partial charge in [0, 0.05) is 5.75 Å². The highest BCUT2D eigenvalue weighted by Crippen LogP contribution is 2.30. The summed E-state index contributed by atoms with van der Waals surface area (Å²) in [5.74, 6) is 0.821. The number of benzene rings is 2. The molecule has 0 fully saturated rings. The van der Waals surface area contributed by atoms with E-state index in [-0.39, 0.29) is 11.7 Å². The molecule has 3 aromatic rings. The SMILES string of the molecule is CC(=NNC(=O)CSc1nnc(SCc2ccc(C)cc2)s1)c1ccc(Cl)c(Cl)c1. The Kier molecular flexibility index (Phi) is 8.59. The van der Waals surface area contributed by atoms with Crippen LogP contribution in [0.4, 0.5) is 0 Å². The van der Waals surface area contributed by atoms with Gasteiger partial charge in [0.15, 0.2) is 8.68 Å². The van der Waals surface area contributed by atoms with Crippen molar-refractivity contribution >= 4 is 69.7 Å². The van der Waals surface area contributed by atoms with Crippen LogP contribution in [-0.2, 0) is 10.5 Å². The Balaban J connectivity index is 1.45. The number of thioether (sulfide) groups is 2. The summed E-state index contributed by atoms with van der Waals surface area (Å²) >= 11 is 16.4. The van der Waals surface area contributed by atoms with Crippen molar-refractivity contribution in [2.24, 2.45) is 5.10 Å². The van der Waals surface area contributed by atoms with Crippen LogP contribution in [-0.4, -0.2) is 27.6 Å². The average molecular weight is 497 g/mol. The molecule has 0 atom stereocenters. The van der Waals surface area contributed by atoms with Gasteiger partial charge >= 0.3 is 0 Å². The number of rotatable bonds is 8. The Morgan fingerprint density at radius 1 is 1.07 bits per heavy atom. The van der Waals surface area contributed by atoms with Crippen molar-refractivity contribution in [3.8, 4) is 0 Å². The number of carbonyl (C=O) groups excluding carboxylic acids is 1. The maximum Gasteiger partial charge on any atom is 0.250 e. The summed E-state index contributed by atoms with van der Waals surface area (Å²) in [4.78, 5) is 12.1. The van der Waals surface area contributed by atoms with Crippen LogP contribution < -0.4 is 5.43 Å². The summed E-state index contributed by atoms with van der Waals surface area (Å²) in [6.07, 6.45) is 0. The van der Waals surface area contributed by atoms with Crippen LogP contribution in [0, 0.1) is 6.92 Å². The number of aryl methyl sites for hydroxylation is 1. The predicted molar refractivity (Wildman–Crippen MR) is 128 cm³/mol. The summed E-state index contributed by atoms with van der Waals surface area (Å²) < 4.78 is 1.63. The maximum absolute atomic E-state index is 12.1. The molecule has 0 saturated heterocycles. The third-order valence-electron chi connectivity index (χ3n) is 3.88. The quantitative estimate of drug-likeness (QED) is 0.232. The standard InChI is InChI=1S/C20H18Cl2N4OS3/c1-12-3-5-14(6-4-12)10-28-19-25-26-20(30-19)29-11-18(27)24-23-13(2)15-7-8-16(21)17(22)9-15/h3-9H,10-11H2,1-2H3,(H,24,27). The zero-order valence-electron chi connectivity index (χ0n) is 16.2. The van der Waals surface area contributed by atoms with Crippen LogP contribution in [0.1, 0.15) is 23.6 Å². The van der Waals surface area contributed by atoms with Crippen molar-refractivity contribution in [3.63, 3.8) is 0 Å². The minimum atomic E-state index is -0.219. The molecule has 3 rings (SSSR count). The van der Waals surface area contributed by atoms with E-state index in [1.54, 1.807) is 36.9 Å². The van der Waals surface area contributed by atoms with E-state index < -0.39 is 0 Å². The number of halogens is 2. The average Bonchev–Trinajstić information content (AvgIpc) is 3.20. The zero-order valence-corrected chi connectivity index (χ0v) is 20.1. The molecule has 0 bridgehead atoms. The highest BCUT2D eigenvalue weighted by atomic mass is 35.5. The van der Waals surface area contributed by atoms with E-state index in [4.69, 9.17) is 23.2 Å². The Morgan fingerprint density at radius 3 is 2.47 bits per heavy atom. The van der Waals surface area contributed by atoms with Crippen LogP contribution >= 0.6 is 58.1 Å². The van der Waals surface area contributed by atoms with Gasteiger partial charge in [0.05, 0.1) is 21.5 Å². The van der Waals surface area contributed by atoms with E-state index in [1.165, 1.54) is 34.2 Å². The number of hydrazone groups is 1. The minimum Gasteiger partial charge on any atom is -0.272 e. The van der Waals surface area contributed by atoms with Gasteiger partial charge in [0.25, 0.3) is 5.91 Å². The third-order valence-corrected chi connectivity index (χ3v) is 7.88. The van der Waals surface area contributed by atoms with Gasteiger partial charge in [-0.2, -0.15) is 5.10 Å². The Bertz CT molecular complexity index is 1050. The lowest BCUT2D eigenvalue weighted by atomic mass is 10.1. The number of aromatic nitrogens is 2. The summed E-state index contributed by atoms with van der Waals surface area (Å²) in [6, 6.07) is 13.6. The van der Waals surface area contributed by atoms with Gasteiger partial charge in [-0.15, -0.1) is 10.2 Å². The van der Waals surface area contributed by atoms with E-state index in [0.717, 1.165) is 20.0 Å². The molecule has 0 aliphatic heterocycles. The van der Waals surface area contributed by atoms with E-state index >= 15 is 0 Å². The molecular formula is C20H18Cl2N4OS3. The normalized spacial score (nSPS) is 11.5. The molecule has 0 spiro atoms. The van der Waals surface area contributed by atoms with Crippen molar-refractivity contribution in [2.75, 3.05) is 5.75 Å². The second-order valence-electron chi connectivity index (χ2n) is 6.26. The molecule has 1 heterocycles. The van der Waals surface area contributed by atoms with Crippen LogP contribution in [0.15, 0.2) is 56.2 Å². The molecule has 10 heteroatoms. The number of hydrogen-bond acceptors (Lipinski definition) is 7. The summed E-state index contributed by atoms with van der Waals surface area (Å²) in [5.41, 5.74) is 6.46. The van der Waals surface area contributed by atoms with Crippen molar-refractivity contribution in [1.29, 1.82) is 0 Å². The molecule has 0 radical (unpaired) electrons. The molecule has 30 heavy (non-hydrogen) atoms. The van der Waals surface area contributed by atoms with Crippen molar-refractivity contribution < 1.29 is 4.79 Å². The molecular weight excluding hydrogens is 479 g/mol. The highest BCUT2D eigenvalue weighted by molar-refractivity contribution is 8.03. The molecule has 0 aliphatic rings. The Hall–Kier alpha value is -1.58. The van der Waals surface area contributed by atoms with Crippen LogP contribution in [0.25, 0.3) is 0 Å². The lowest BCUT2D eigenvalue weighted by molar-refractivity contribution is -0.118. The number of amides is 1. The topological polar surface area (TPSA) is 67.2 Å². The Morgan fingerprint density at radius 2 is 1.77 bits per heavy atom. The van der Waals surface area contributed by atoms with Crippen LogP contribution in [0.5, 0.6) is 0 Å². The fraction of sp³-hybridized carbons (Fsp3) is 0.200. The second-order valence-corrected chi connectivity index (χ2v) is 10.5. The fourth-order valence-electron chi connectivity index (χ4n) is 2.23. The number of hydrogen-bond donors (Lipinski definition) is 1. The molecule has 1 N–H and O–H groups in total. The van der Waals surface area contributed by atoms with Gasteiger partial charge in [-0.05, 0) is 37.1 Å². The maximum atomic E-state index is 12.1. The van der Waals surface area contributed by atoms with Gasteiger partial charge in [-0.1, -0.05) is 94.0 Å².